The first-order chi connectivity index (χ1) is 20.0. The van der Waals surface area contributed by atoms with Gasteiger partial charge in [0.15, 0.2) is 0 Å². The van der Waals surface area contributed by atoms with Crippen LogP contribution in [0.3, 0.4) is 0 Å². The maximum absolute atomic E-state index is 14.0. The number of nitrogens with one attached hydrogen (secondary N) is 2. The lowest BCUT2D eigenvalue weighted by Crippen LogP contribution is -2.46. The molecule has 7 nitrogen and oxygen atoms in total. The number of amides is 3. The number of nitrogens with zero attached hydrogens (tertiary/aromatic N) is 1. The van der Waals surface area contributed by atoms with Gasteiger partial charge in [-0.1, -0.05) is 91.0 Å². The summed E-state index contributed by atoms with van der Waals surface area (Å²) in [5.74, 6) is -1.07. The Hall–Kier alpha value is -4.91. The summed E-state index contributed by atoms with van der Waals surface area (Å²) in [5, 5.41) is 14.5. The predicted octanol–water partition coefficient (Wildman–Crippen LogP) is 6.08. The molecule has 0 aromatic heterocycles. The molecule has 0 radical (unpaired) electrons. The van der Waals surface area contributed by atoms with Gasteiger partial charge in [0.25, 0.3) is 0 Å². The Labute approximate surface area is 239 Å². The molecule has 0 saturated heterocycles. The third kappa shape index (κ3) is 7.00. The normalized spacial score (nSPS) is 15.8. The summed E-state index contributed by atoms with van der Waals surface area (Å²) in [6.07, 6.45) is 2.74. The zero-order chi connectivity index (χ0) is 28.6. The summed E-state index contributed by atoms with van der Waals surface area (Å²) in [5.41, 5.74) is 5.04. The first-order valence-corrected chi connectivity index (χ1v) is 13.8. The summed E-state index contributed by atoms with van der Waals surface area (Å²) >= 11 is 0. The van der Waals surface area contributed by atoms with Crippen molar-refractivity contribution in [3.63, 3.8) is 0 Å². The molecule has 4 aromatic rings. The van der Waals surface area contributed by atoms with E-state index in [-0.39, 0.29) is 30.0 Å². The summed E-state index contributed by atoms with van der Waals surface area (Å²) in [6, 6.07) is 33.8. The highest BCUT2D eigenvalue weighted by molar-refractivity contribution is 5.94. The van der Waals surface area contributed by atoms with Crippen LogP contribution in [0.4, 0.5) is 10.5 Å². The second-order valence-electron chi connectivity index (χ2n) is 10.3. The quantitative estimate of drug-likeness (QED) is 0.236. The van der Waals surface area contributed by atoms with E-state index in [1.165, 1.54) is 23.3 Å². The number of carboxylic acids is 1. The summed E-state index contributed by atoms with van der Waals surface area (Å²) in [7, 11) is 0. The highest BCUT2D eigenvalue weighted by atomic mass is 16.4. The van der Waals surface area contributed by atoms with Crippen LogP contribution in [0.5, 0.6) is 0 Å². The Morgan fingerprint density at radius 2 is 1.49 bits per heavy atom. The Balaban J connectivity index is 1.40. The number of hydrogen-bond acceptors (Lipinski definition) is 3. The molecule has 0 spiro atoms. The molecule has 3 N–H and O–H groups in total. The number of carbonyl (C=O) groups excluding carboxylic acids is 2. The molecule has 0 aliphatic heterocycles. The Bertz CT molecular complexity index is 1510. The van der Waals surface area contributed by atoms with Crippen LogP contribution >= 0.6 is 0 Å². The number of hydrogen-bond donors (Lipinski definition) is 3. The van der Waals surface area contributed by atoms with Crippen molar-refractivity contribution >= 4 is 23.6 Å². The van der Waals surface area contributed by atoms with Crippen LogP contribution in [-0.4, -0.2) is 34.5 Å². The lowest BCUT2D eigenvalue weighted by atomic mass is 9.76. The standard InChI is InChI=1S/C34H33N3O4/c38-31(22-35-34(41)36-29-16-9-15-28(21-29)33(39)40)37(23-25-12-5-2-6-13-25)32-27(20-24-10-3-1-4-11-24)19-18-26-14-7-8-17-30(26)32/h1-17,21,27,32H,18-20,22-23H2,(H,39,40)(H2,35,36,41)/t27-,32-/m0/s1. The third-order valence-corrected chi connectivity index (χ3v) is 7.56. The Kier molecular flexibility index (Phi) is 8.74. The molecule has 41 heavy (non-hydrogen) atoms. The van der Waals surface area contributed by atoms with Crippen molar-refractivity contribution in [1.29, 1.82) is 0 Å². The van der Waals surface area contributed by atoms with Crippen LogP contribution in [0.15, 0.2) is 109 Å². The number of benzene rings is 4. The molecule has 1 aliphatic carbocycles. The van der Waals surface area contributed by atoms with E-state index in [0.717, 1.165) is 30.4 Å². The number of rotatable bonds is 9. The van der Waals surface area contributed by atoms with E-state index < -0.39 is 12.0 Å². The number of urea groups is 1. The zero-order valence-electron chi connectivity index (χ0n) is 22.7. The number of anilines is 1. The van der Waals surface area contributed by atoms with E-state index in [4.69, 9.17) is 0 Å². The van der Waals surface area contributed by atoms with Crippen molar-refractivity contribution in [1.82, 2.24) is 10.2 Å². The van der Waals surface area contributed by atoms with Gasteiger partial charge in [-0.15, -0.1) is 0 Å². The molecule has 2 atom stereocenters. The van der Waals surface area contributed by atoms with Crippen molar-refractivity contribution in [2.45, 2.75) is 31.8 Å². The minimum atomic E-state index is -1.08. The number of aryl methyl sites for hydroxylation is 1. The molecular weight excluding hydrogens is 514 g/mol. The minimum Gasteiger partial charge on any atom is -0.478 e. The fourth-order valence-corrected chi connectivity index (χ4v) is 5.64. The monoisotopic (exact) mass is 547 g/mol. The molecule has 4 aromatic carbocycles. The van der Waals surface area contributed by atoms with Crippen molar-refractivity contribution in [3.8, 4) is 0 Å². The first-order valence-electron chi connectivity index (χ1n) is 13.8. The molecule has 1 aliphatic rings. The van der Waals surface area contributed by atoms with E-state index in [1.54, 1.807) is 12.1 Å². The van der Waals surface area contributed by atoms with Gasteiger partial charge in [0.2, 0.25) is 5.91 Å². The van der Waals surface area contributed by atoms with Crippen molar-refractivity contribution in [2.75, 3.05) is 11.9 Å². The van der Waals surface area contributed by atoms with Crippen molar-refractivity contribution in [2.24, 2.45) is 5.92 Å². The van der Waals surface area contributed by atoms with Crippen molar-refractivity contribution in [3.05, 3.63) is 137 Å². The Morgan fingerprint density at radius 3 is 2.22 bits per heavy atom. The lowest BCUT2D eigenvalue weighted by Gasteiger charge is -2.42. The van der Waals surface area contributed by atoms with Gasteiger partial charge in [-0.25, -0.2) is 9.59 Å². The smallest absolute Gasteiger partial charge is 0.335 e. The van der Waals surface area contributed by atoms with Crippen LogP contribution in [-0.2, 0) is 24.2 Å². The SMILES string of the molecule is O=C(NCC(=O)N(Cc1ccccc1)[C@@H]1c2ccccc2CC[C@H]1Cc1ccccc1)Nc1cccc(C(=O)O)c1. The van der Waals surface area contributed by atoms with Crippen LogP contribution in [0.25, 0.3) is 0 Å². The largest absolute Gasteiger partial charge is 0.478 e. The fraction of sp³-hybridized carbons (Fsp3) is 0.206. The topological polar surface area (TPSA) is 98.7 Å². The maximum atomic E-state index is 14.0. The highest BCUT2D eigenvalue weighted by Crippen LogP contribution is 2.41. The number of fused-ring (bicyclic) bond motifs is 1. The Morgan fingerprint density at radius 1 is 0.805 bits per heavy atom. The van der Waals surface area contributed by atoms with E-state index >= 15 is 0 Å². The number of aromatic carboxylic acids is 1. The summed E-state index contributed by atoms with van der Waals surface area (Å²) < 4.78 is 0. The van der Waals surface area contributed by atoms with E-state index in [0.29, 0.717) is 12.2 Å². The van der Waals surface area contributed by atoms with E-state index in [1.807, 2.05) is 65.6 Å². The molecule has 208 valence electrons. The van der Waals surface area contributed by atoms with Gasteiger partial charge in [-0.3, -0.25) is 4.79 Å². The lowest BCUT2D eigenvalue weighted by molar-refractivity contribution is -0.135. The minimum absolute atomic E-state index is 0.0633. The number of carboxylic acid groups (broad SMARTS) is 1. The van der Waals surface area contributed by atoms with Gasteiger partial charge in [-0.2, -0.15) is 0 Å². The summed E-state index contributed by atoms with van der Waals surface area (Å²) in [6.45, 7) is 0.210. The predicted molar refractivity (Wildman–Crippen MR) is 159 cm³/mol. The second kappa shape index (κ2) is 13.0. The van der Waals surface area contributed by atoms with E-state index in [9.17, 15) is 19.5 Å². The molecule has 0 bridgehead atoms. The zero-order valence-corrected chi connectivity index (χ0v) is 22.7. The third-order valence-electron chi connectivity index (χ3n) is 7.56. The molecule has 5 rings (SSSR count). The molecule has 0 saturated carbocycles. The maximum Gasteiger partial charge on any atom is 0.335 e. The van der Waals surface area contributed by atoms with Crippen LogP contribution in [0.2, 0.25) is 0 Å². The molecule has 0 fully saturated rings. The average molecular weight is 548 g/mol. The van der Waals surface area contributed by atoms with Gasteiger partial charge in [0.05, 0.1) is 18.2 Å². The van der Waals surface area contributed by atoms with Gasteiger partial charge < -0.3 is 20.6 Å². The molecule has 0 unspecified atom stereocenters. The molecular formula is C34H33N3O4. The van der Waals surface area contributed by atoms with Gasteiger partial charge >= 0.3 is 12.0 Å². The van der Waals surface area contributed by atoms with Crippen LogP contribution in [0, 0.1) is 5.92 Å². The highest BCUT2D eigenvalue weighted by Gasteiger charge is 2.36. The molecule has 0 heterocycles. The number of carbonyl (C=O) groups is 3. The van der Waals surface area contributed by atoms with Gasteiger partial charge in [-0.05, 0) is 65.6 Å². The van der Waals surface area contributed by atoms with Crippen molar-refractivity contribution < 1.29 is 19.5 Å². The average Bonchev–Trinajstić information content (AvgIpc) is 3.00. The van der Waals surface area contributed by atoms with Gasteiger partial charge in [0, 0.05) is 12.2 Å². The van der Waals surface area contributed by atoms with Gasteiger partial charge in [0.1, 0.15) is 0 Å². The summed E-state index contributed by atoms with van der Waals surface area (Å²) in [4.78, 5) is 39.9. The first kappa shape index (κ1) is 27.6. The van der Waals surface area contributed by atoms with Crippen LogP contribution < -0.4 is 10.6 Å². The van der Waals surface area contributed by atoms with Crippen LogP contribution in [0.1, 0.15) is 45.1 Å². The second-order valence-corrected chi connectivity index (χ2v) is 10.3. The van der Waals surface area contributed by atoms with E-state index in [2.05, 4.69) is 34.9 Å². The fourth-order valence-electron chi connectivity index (χ4n) is 5.64. The molecule has 3 amide bonds. The molecule has 7 heteroatoms.